The van der Waals surface area contributed by atoms with Crippen molar-refractivity contribution in [1.82, 2.24) is 9.55 Å². The fourth-order valence-corrected chi connectivity index (χ4v) is 2.35. The molecule has 3 nitrogen and oxygen atoms in total. The van der Waals surface area contributed by atoms with Gasteiger partial charge in [0, 0.05) is 30.0 Å². The van der Waals surface area contributed by atoms with Gasteiger partial charge in [0.25, 0.3) is 0 Å². The summed E-state index contributed by atoms with van der Waals surface area (Å²) in [4.78, 5) is 4.49. The minimum atomic E-state index is 0.531. The summed E-state index contributed by atoms with van der Waals surface area (Å²) >= 11 is 0. The molecule has 0 bridgehead atoms. The average Bonchev–Trinajstić information content (AvgIpc) is 2.80. The van der Waals surface area contributed by atoms with Crippen LogP contribution in [0.3, 0.4) is 0 Å². The molecule has 0 saturated heterocycles. The van der Waals surface area contributed by atoms with Crippen LogP contribution in [-0.4, -0.2) is 9.55 Å². The topological polar surface area (TPSA) is 43.8 Å². The van der Waals surface area contributed by atoms with E-state index in [1.165, 1.54) is 10.9 Å². The third kappa shape index (κ3) is 1.60. The number of para-hydroxylation sites is 1. The van der Waals surface area contributed by atoms with Crippen molar-refractivity contribution in [2.45, 2.75) is 13.5 Å². The van der Waals surface area contributed by atoms with Crippen LogP contribution in [0.4, 0.5) is 0 Å². The fourth-order valence-electron chi connectivity index (χ4n) is 2.35. The van der Waals surface area contributed by atoms with Gasteiger partial charge in [0.05, 0.1) is 0 Å². The van der Waals surface area contributed by atoms with Crippen LogP contribution in [-0.2, 0) is 6.54 Å². The molecular weight excluding hydrogens is 222 g/mol. The van der Waals surface area contributed by atoms with Crippen LogP contribution in [0.2, 0.25) is 0 Å². The van der Waals surface area contributed by atoms with Gasteiger partial charge < -0.3 is 10.3 Å². The Kier molecular flexibility index (Phi) is 2.61. The quantitative estimate of drug-likeness (QED) is 0.744. The van der Waals surface area contributed by atoms with Gasteiger partial charge in [0.2, 0.25) is 0 Å². The lowest BCUT2D eigenvalue weighted by molar-refractivity contribution is 1.04. The standard InChI is InChI=1S/C15H15N3/c1-11-7-8-17-15-14(11)12(9-16)10-18(15)13-5-3-2-4-6-13/h2-8,10H,9,16H2,1H3. The highest BCUT2D eigenvalue weighted by atomic mass is 15.0. The molecule has 0 atom stereocenters. The van der Waals surface area contributed by atoms with E-state index >= 15 is 0 Å². The summed E-state index contributed by atoms with van der Waals surface area (Å²) in [6, 6.07) is 12.2. The highest BCUT2D eigenvalue weighted by Gasteiger charge is 2.11. The van der Waals surface area contributed by atoms with Gasteiger partial charge in [0.1, 0.15) is 5.65 Å². The van der Waals surface area contributed by atoms with Gasteiger partial charge in [-0.3, -0.25) is 0 Å². The van der Waals surface area contributed by atoms with Crippen LogP contribution in [0.15, 0.2) is 48.8 Å². The number of benzene rings is 1. The Bertz CT molecular complexity index is 684. The first kappa shape index (κ1) is 11.0. The van der Waals surface area contributed by atoms with Crippen LogP contribution < -0.4 is 5.73 Å². The molecule has 18 heavy (non-hydrogen) atoms. The molecular formula is C15H15N3. The summed E-state index contributed by atoms with van der Waals surface area (Å²) in [6.45, 7) is 2.63. The number of hydrogen-bond acceptors (Lipinski definition) is 2. The van der Waals surface area contributed by atoms with Gasteiger partial charge in [-0.05, 0) is 36.2 Å². The monoisotopic (exact) mass is 237 g/mol. The fraction of sp³-hybridized carbons (Fsp3) is 0.133. The summed E-state index contributed by atoms with van der Waals surface area (Å²) in [5.41, 5.74) is 10.3. The number of aryl methyl sites for hydroxylation is 1. The van der Waals surface area contributed by atoms with Crippen molar-refractivity contribution < 1.29 is 0 Å². The smallest absolute Gasteiger partial charge is 0.144 e. The molecule has 3 heteroatoms. The summed E-state index contributed by atoms with van der Waals surface area (Å²) in [5.74, 6) is 0. The predicted molar refractivity (Wildman–Crippen MR) is 73.7 cm³/mol. The summed E-state index contributed by atoms with van der Waals surface area (Å²) in [6.07, 6.45) is 3.93. The molecule has 0 aliphatic carbocycles. The first-order valence-electron chi connectivity index (χ1n) is 6.02. The van der Waals surface area contributed by atoms with E-state index in [1.807, 2.05) is 30.5 Å². The van der Waals surface area contributed by atoms with Crippen molar-refractivity contribution in [3.05, 3.63) is 59.9 Å². The van der Waals surface area contributed by atoms with Gasteiger partial charge in [-0.25, -0.2) is 4.98 Å². The average molecular weight is 237 g/mol. The minimum Gasteiger partial charge on any atom is -0.326 e. The van der Waals surface area contributed by atoms with Crippen molar-refractivity contribution in [1.29, 1.82) is 0 Å². The van der Waals surface area contributed by atoms with E-state index in [2.05, 4.69) is 34.8 Å². The SMILES string of the molecule is Cc1ccnc2c1c(CN)cn2-c1ccccc1. The molecule has 0 amide bonds. The highest BCUT2D eigenvalue weighted by Crippen LogP contribution is 2.25. The molecule has 0 saturated carbocycles. The maximum Gasteiger partial charge on any atom is 0.144 e. The van der Waals surface area contributed by atoms with Gasteiger partial charge in [-0.15, -0.1) is 0 Å². The number of aromatic nitrogens is 2. The molecule has 1 aromatic carbocycles. The lowest BCUT2D eigenvalue weighted by atomic mass is 10.1. The number of pyridine rings is 1. The van der Waals surface area contributed by atoms with Crippen molar-refractivity contribution in [3.8, 4) is 5.69 Å². The molecule has 2 heterocycles. The lowest BCUT2D eigenvalue weighted by Crippen LogP contribution is -1.95. The maximum atomic E-state index is 5.84. The summed E-state index contributed by atoms with van der Waals surface area (Å²) < 4.78 is 2.10. The Balaban J connectivity index is 2.35. The van der Waals surface area contributed by atoms with E-state index in [1.54, 1.807) is 0 Å². The number of nitrogens with two attached hydrogens (primary N) is 1. The van der Waals surface area contributed by atoms with E-state index in [0.717, 1.165) is 16.9 Å². The zero-order valence-electron chi connectivity index (χ0n) is 10.3. The Morgan fingerprint density at radius 3 is 2.67 bits per heavy atom. The van der Waals surface area contributed by atoms with Crippen LogP contribution in [0, 0.1) is 6.92 Å². The Labute approximate surface area is 106 Å². The van der Waals surface area contributed by atoms with Crippen molar-refractivity contribution in [3.63, 3.8) is 0 Å². The zero-order chi connectivity index (χ0) is 12.5. The molecule has 0 radical (unpaired) electrons. The third-order valence-corrected chi connectivity index (χ3v) is 3.23. The summed E-state index contributed by atoms with van der Waals surface area (Å²) in [7, 11) is 0. The molecule has 2 N–H and O–H groups in total. The van der Waals surface area contributed by atoms with Crippen molar-refractivity contribution in [2.24, 2.45) is 5.73 Å². The second kappa shape index (κ2) is 4.27. The zero-order valence-corrected chi connectivity index (χ0v) is 10.3. The molecule has 3 rings (SSSR count). The van der Waals surface area contributed by atoms with Crippen LogP contribution in [0.5, 0.6) is 0 Å². The first-order chi connectivity index (χ1) is 8.81. The normalized spacial score (nSPS) is 11.0. The molecule has 0 unspecified atom stereocenters. The third-order valence-electron chi connectivity index (χ3n) is 3.23. The Hall–Kier alpha value is -2.13. The van der Waals surface area contributed by atoms with Crippen molar-refractivity contribution in [2.75, 3.05) is 0 Å². The molecule has 0 fully saturated rings. The van der Waals surface area contributed by atoms with E-state index in [-0.39, 0.29) is 0 Å². The number of nitrogens with zero attached hydrogens (tertiary/aromatic N) is 2. The lowest BCUT2D eigenvalue weighted by Gasteiger charge is -2.04. The van der Waals surface area contributed by atoms with E-state index in [4.69, 9.17) is 5.73 Å². The van der Waals surface area contributed by atoms with E-state index in [0.29, 0.717) is 6.54 Å². The van der Waals surface area contributed by atoms with Crippen molar-refractivity contribution >= 4 is 11.0 Å². The Morgan fingerprint density at radius 1 is 1.17 bits per heavy atom. The Morgan fingerprint density at radius 2 is 1.94 bits per heavy atom. The largest absolute Gasteiger partial charge is 0.326 e. The number of hydrogen-bond donors (Lipinski definition) is 1. The van der Waals surface area contributed by atoms with E-state index < -0.39 is 0 Å². The van der Waals surface area contributed by atoms with Gasteiger partial charge in [-0.1, -0.05) is 18.2 Å². The van der Waals surface area contributed by atoms with Crippen LogP contribution in [0.1, 0.15) is 11.1 Å². The van der Waals surface area contributed by atoms with Gasteiger partial charge >= 0.3 is 0 Å². The van der Waals surface area contributed by atoms with E-state index in [9.17, 15) is 0 Å². The first-order valence-corrected chi connectivity index (χ1v) is 6.02. The van der Waals surface area contributed by atoms with Gasteiger partial charge in [0.15, 0.2) is 0 Å². The molecule has 3 aromatic rings. The van der Waals surface area contributed by atoms with Gasteiger partial charge in [-0.2, -0.15) is 0 Å². The molecule has 0 aliphatic rings. The minimum absolute atomic E-state index is 0.531. The van der Waals surface area contributed by atoms with Crippen LogP contribution >= 0.6 is 0 Å². The highest BCUT2D eigenvalue weighted by molar-refractivity contribution is 5.85. The second-order valence-electron chi connectivity index (χ2n) is 4.39. The number of fused-ring (bicyclic) bond motifs is 1. The number of rotatable bonds is 2. The molecule has 90 valence electrons. The molecule has 2 aromatic heterocycles. The maximum absolute atomic E-state index is 5.84. The molecule has 0 spiro atoms. The van der Waals surface area contributed by atoms with Crippen LogP contribution in [0.25, 0.3) is 16.7 Å². The summed E-state index contributed by atoms with van der Waals surface area (Å²) in [5, 5.41) is 1.17. The second-order valence-corrected chi connectivity index (χ2v) is 4.39. The molecule has 0 aliphatic heterocycles. The predicted octanol–water partition coefficient (Wildman–Crippen LogP) is 2.79.